The Hall–Kier alpha value is -3.43. The number of amides is 1. The Bertz CT molecular complexity index is 911. The molecule has 0 radical (unpaired) electrons. The zero-order valence-electron chi connectivity index (χ0n) is 14.3. The van der Waals surface area contributed by atoms with Gasteiger partial charge < -0.3 is 5.32 Å². The Morgan fingerprint density at radius 1 is 1.15 bits per heavy atom. The molecule has 0 aliphatic rings. The fraction of sp³-hybridized carbons (Fsp3) is 0.176. The van der Waals surface area contributed by atoms with Gasteiger partial charge in [0.25, 0.3) is 5.69 Å². The van der Waals surface area contributed by atoms with Crippen LogP contribution in [0.15, 0.2) is 47.6 Å². The van der Waals surface area contributed by atoms with E-state index in [4.69, 9.17) is 0 Å². The minimum Gasteiger partial charge on any atom is -0.326 e. The lowest BCUT2D eigenvalue weighted by molar-refractivity contribution is -0.384. The van der Waals surface area contributed by atoms with Crippen molar-refractivity contribution in [2.45, 2.75) is 20.0 Å². The molecule has 0 unspecified atom stereocenters. The van der Waals surface area contributed by atoms with Crippen molar-refractivity contribution in [3.63, 3.8) is 0 Å². The highest BCUT2D eigenvalue weighted by atomic mass is 19.4. The van der Waals surface area contributed by atoms with E-state index < -0.39 is 22.4 Å². The fourth-order valence-electron chi connectivity index (χ4n) is 2.19. The average molecular weight is 380 g/mol. The van der Waals surface area contributed by atoms with Crippen LogP contribution in [0.5, 0.6) is 0 Å². The lowest BCUT2D eigenvalue weighted by Gasteiger charge is -2.09. The van der Waals surface area contributed by atoms with Crippen LogP contribution >= 0.6 is 0 Å². The van der Waals surface area contributed by atoms with Gasteiger partial charge in [0.05, 0.1) is 16.2 Å². The molecule has 142 valence electrons. The van der Waals surface area contributed by atoms with Gasteiger partial charge in [-0.1, -0.05) is 12.1 Å². The summed E-state index contributed by atoms with van der Waals surface area (Å²) in [5.74, 6) is -0.250. The molecule has 7 nitrogen and oxygen atoms in total. The van der Waals surface area contributed by atoms with Crippen molar-refractivity contribution in [3.05, 3.63) is 63.7 Å². The summed E-state index contributed by atoms with van der Waals surface area (Å²) in [6, 6.07) is 8.83. The van der Waals surface area contributed by atoms with Gasteiger partial charge in [-0.05, 0) is 36.8 Å². The smallest absolute Gasteiger partial charge is 0.326 e. The molecule has 0 saturated carbocycles. The minimum absolute atomic E-state index is 0.176. The second kappa shape index (κ2) is 7.85. The van der Waals surface area contributed by atoms with Gasteiger partial charge in [0.1, 0.15) is 5.69 Å². The van der Waals surface area contributed by atoms with Crippen LogP contribution < -0.4 is 10.7 Å². The summed E-state index contributed by atoms with van der Waals surface area (Å²) in [5, 5.41) is 17.7. The number of anilines is 2. The molecule has 2 aromatic rings. The molecule has 0 aliphatic heterocycles. The van der Waals surface area contributed by atoms with Crippen LogP contribution in [-0.4, -0.2) is 16.5 Å². The maximum atomic E-state index is 12.7. The first-order valence-electron chi connectivity index (χ1n) is 7.62. The Morgan fingerprint density at radius 2 is 1.85 bits per heavy atom. The molecule has 0 aliphatic carbocycles. The average Bonchev–Trinajstić information content (AvgIpc) is 2.58. The Labute approximate surface area is 152 Å². The molecule has 0 spiro atoms. The van der Waals surface area contributed by atoms with E-state index >= 15 is 0 Å². The minimum atomic E-state index is -4.69. The number of halogens is 3. The molecule has 10 heteroatoms. The van der Waals surface area contributed by atoms with E-state index in [0.29, 0.717) is 23.0 Å². The molecule has 1 amide bonds. The van der Waals surface area contributed by atoms with Gasteiger partial charge in [0.2, 0.25) is 5.91 Å². The van der Waals surface area contributed by atoms with Crippen LogP contribution in [0.25, 0.3) is 0 Å². The zero-order valence-corrected chi connectivity index (χ0v) is 14.3. The first-order chi connectivity index (χ1) is 12.6. The third-order valence-electron chi connectivity index (χ3n) is 3.47. The molecule has 0 bridgehead atoms. The number of nitrogens with zero attached hydrogens (tertiary/aromatic N) is 2. The van der Waals surface area contributed by atoms with Crippen molar-refractivity contribution < 1.29 is 22.9 Å². The van der Waals surface area contributed by atoms with Crippen molar-refractivity contribution in [3.8, 4) is 0 Å². The fourth-order valence-corrected chi connectivity index (χ4v) is 2.19. The molecule has 27 heavy (non-hydrogen) atoms. The summed E-state index contributed by atoms with van der Waals surface area (Å²) in [5.41, 5.74) is 1.95. The number of hydrogen-bond donors (Lipinski definition) is 2. The standard InChI is InChI=1S/C17H15F3N4O3/c1-10(12-4-3-5-14(8-12)21-11(2)25)22-23-15-7-6-13(17(18,19)20)9-16(15)24(26)27/h3-9,23H,1-2H3,(H,21,25). The van der Waals surface area contributed by atoms with Crippen LogP contribution in [0.3, 0.4) is 0 Å². The van der Waals surface area contributed by atoms with Gasteiger partial charge in [-0.25, -0.2) is 0 Å². The van der Waals surface area contributed by atoms with Crippen molar-refractivity contribution in [1.82, 2.24) is 0 Å². The SMILES string of the molecule is CC(=O)Nc1cccc(C(C)=NNc2ccc(C(F)(F)F)cc2[N+](=O)[O-])c1. The summed E-state index contributed by atoms with van der Waals surface area (Å²) in [6.45, 7) is 2.97. The number of hydrogen-bond acceptors (Lipinski definition) is 5. The Balaban J connectivity index is 2.29. The van der Waals surface area contributed by atoms with Gasteiger partial charge in [-0.15, -0.1) is 0 Å². The van der Waals surface area contributed by atoms with Crippen molar-refractivity contribution in [2.75, 3.05) is 10.7 Å². The number of nitro benzene ring substituents is 1. The molecule has 0 aromatic heterocycles. The first-order valence-corrected chi connectivity index (χ1v) is 7.62. The maximum Gasteiger partial charge on any atom is 0.416 e. The van der Waals surface area contributed by atoms with E-state index in [0.717, 1.165) is 12.1 Å². The van der Waals surface area contributed by atoms with Gasteiger partial charge >= 0.3 is 6.18 Å². The van der Waals surface area contributed by atoms with Crippen molar-refractivity contribution in [2.24, 2.45) is 5.10 Å². The number of carbonyl (C=O) groups is 1. The number of benzene rings is 2. The molecule has 2 rings (SSSR count). The predicted molar refractivity (Wildman–Crippen MR) is 94.7 cm³/mol. The number of nitro groups is 1. The normalized spacial score (nSPS) is 11.8. The van der Waals surface area contributed by atoms with Crippen LogP contribution in [-0.2, 0) is 11.0 Å². The van der Waals surface area contributed by atoms with Gasteiger partial charge in [0, 0.05) is 18.7 Å². The summed E-state index contributed by atoms with van der Waals surface area (Å²) >= 11 is 0. The highest BCUT2D eigenvalue weighted by Gasteiger charge is 2.33. The van der Waals surface area contributed by atoms with E-state index in [2.05, 4.69) is 15.8 Å². The topological polar surface area (TPSA) is 96.6 Å². The summed E-state index contributed by atoms with van der Waals surface area (Å²) in [7, 11) is 0. The van der Waals surface area contributed by atoms with E-state index in [1.807, 2.05) is 0 Å². The molecular weight excluding hydrogens is 365 g/mol. The zero-order chi connectivity index (χ0) is 20.2. The Kier molecular flexibility index (Phi) is 5.78. The summed E-state index contributed by atoms with van der Waals surface area (Å²) < 4.78 is 38.2. The van der Waals surface area contributed by atoms with Crippen LogP contribution in [0.4, 0.5) is 30.2 Å². The largest absolute Gasteiger partial charge is 0.416 e. The van der Waals surface area contributed by atoms with Gasteiger partial charge in [-0.3, -0.25) is 20.3 Å². The number of rotatable bonds is 5. The predicted octanol–water partition coefficient (Wildman–Crippen LogP) is 4.41. The molecule has 0 fully saturated rings. The third-order valence-corrected chi connectivity index (χ3v) is 3.47. The molecule has 0 atom stereocenters. The lowest BCUT2D eigenvalue weighted by atomic mass is 10.1. The lowest BCUT2D eigenvalue weighted by Crippen LogP contribution is -2.08. The van der Waals surface area contributed by atoms with Crippen LogP contribution in [0.1, 0.15) is 25.0 Å². The van der Waals surface area contributed by atoms with Crippen molar-refractivity contribution >= 4 is 28.7 Å². The monoisotopic (exact) mass is 380 g/mol. The molecule has 0 heterocycles. The summed E-state index contributed by atoms with van der Waals surface area (Å²) in [4.78, 5) is 21.3. The van der Waals surface area contributed by atoms with Gasteiger partial charge in [0.15, 0.2) is 0 Å². The highest BCUT2D eigenvalue weighted by Crippen LogP contribution is 2.35. The highest BCUT2D eigenvalue weighted by molar-refractivity contribution is 6.00. The van der Waals surface area contributed by atoms with E-state index in [1.54, 1.807) is 31.2 Å². The maximum absolute atomic E-state index is 12.7. The van der Waals surface area contributed by atoms with E-state index in [-0.39, 0.29) is 11.6 Å². The third kappa shape index (κ3) is 5.27. The molecular formula is C17H15F3N4O3. The van der Waals surface area contributed by atoms with Crippen molar-refractivity contribution in [1.29, 1.82) is 0 Å². The first kappa shape index (κ1) is 19.9. The second-order valence-corrected chi connectivity index (χ2v) is 5.56. The molecule has 0 saturated heterocycles. The van der Waals surface area contributed by atoms with Gasteiger partial charge in [-0.2, -0.15) is 18.3 Å². The second-order valence-electron chi connectivity index (χ2n) is 5.56. The molecule has 2 aromatic carbocycles. The number of carbonyl (C=O) groups excluding carboxylic acids is 1. The number of hydrazone groups is 1. The van der Waals surface area contributed by atoms with E-state index in [1.165, 1.54) is 6.92 Å². The number of alkyl halides is 3. The van der Waals surface area contributed by atoms with Crippen LogP contribution in [0.2, 0.25) is 0 Å². The number of nitrogens with one attached hydrogen (secondary N) is 2. The molecule has 2 N–H and O–H groups in total. The van der Waals surface area contributed by atoms with Crippen LogP contribution in [0, 0.1) is 10.1 Å². The Morgan fingerprint density at radius 3 is 2.44 bits per heavy atom. The quantitative estimate of drug-likeness (QED) is 0.456. The van der Waals surface area contributed by atoms with E-state index in [9.17, 15) is 28.1 Å². The summed E-state index contributed by atoms with van der Waals surface area (Å²) in [6.07, 6.45) is -4.69.